The fourth-order valence-corrected chi connectivity index (χ4v) is 2.47. The molecule has 1 aromatic rings. The van der Waals surface area contributed by atoms with Crippen LogP contribution in [0.25, 0.3) is 0 Å². The van der Waals surface area contributed by atoms with Crippen LogP contribution in [0.15, 0.2) is 29.3 Å². The Morgan fingerprint density at radius 2 is 1.81 bits per heavy atom. The van der Waals surface area contributed by atoms with E-state index in [1.54, 1.807) is 7.05 Å². The average molecular weight is 421 g/mol. The molecule has 0 spiro atoms. The van der Waals surface area contributed by atoms with Crippen LogP contribution in [0.2, 0.25) is 0 Å². The monoisotopic (exact) mass is 421 g/mol. The first-order valence-electron chi connectivity index (χ1n) is 7.03. The summed E-state index contributed by atoms with van der Waals surface area (Å²) in [7, 11) is 1.81. The second-order valence-electron chi connectivity index (χ2n) is 5.91. The molecule has 5 heteroatoms. The van der Waals surface area contributed by atoms with Crippen molar-refractivity contribution in [2.24, 2.45) is 4.99 Å². The van der Waals surface area contributed by atoms with Crippen LogP contribution in [0.4, 0.5) is 0 Å². The van der Waals surface area contributed by atoms with Gasteiger partial charge in [0.25, 0.3) is 0 Å². The number of aliphatic imine (C=N–C) groups is 1. The molecule has 3 nitrogen and oxygen atoms in total. The van der Waals surface area contributed by atoms with Crippen LogP contribution in [0.3, 0.4) is 0 Å². The molecule has 0 aliphatic heterocycles. The second kappa shape index (κ2) is 10.3. The lowest BCUT2D eigenvalue weighted by Gasteiger charge is -2.23. The number of rotatable bonds is 5. The van der Waals surface area contributed by atoms with Gasteiger partial charge in [0.1, 0.15) is 0 Å². The minimum atomic E-state index is 0. The van der Waals surface area contributed by atoms with Crippen molar-refractivity contribution in [3.63, 3.8) is 0 Å². The van der Waals surface area contributed by atoms with Crippen LogP contribution in [-0.2, 0) is 5.75 Å². The van der Waals surface area contributed by atoms with E-state index in [-0.39, 0.29) is 29.5 Å². The normalized spacial score (nSPS) is 11.8. The molecule has 0 unspecified atom stereocenters. The van der Waals surface area contributed by atoms with E-state index >= 15 is 0 Å². The topological polar surface area (TPSA) is 36.4 Å². The van der Waals surface area contributed by atoms with E-state index < -0.39 is 0 Å². The number of guanidine groups is 1. The summed E-state index contributed by atoms with van der Waals surface area (Å²) in [5.41, 5.74) is 2.74. The molecule has 21 heavy (non-hydrogen) atoms. The molecule has 0 amide bonds. The van der Waals surface area contributed by atoms with Crippen molar-refractivity contribution < 1.29 is 0 Å². The first-order chi connectivity index (χ1) is 9.40. The van der Waals surface area contributed by atoms with E-state index in [1.807, 2.05) is 11.8 Å². The third-order valence-electron chi connectivity index (χ3n) is 2.65. The van der Waals surface area contributed by atoms with Crippen LogP contribution in [0, 0.1) is 6.92 Å². The van der Waals surface area contributed by atoms with Gasteiger partial charge in [-0.1, -0.05) is 29.8 Å². The Morgan fingerprint density at radius 1 is 1.19 bits per heavy atom. The molecule has 0 atom stereocenters. The van der Waals surface area contributed by atoms with E-state index in [2.05, 4.69) is 67.6 Å². The molecule has 0 saturated carbocycles. The van der Waals surface area contributed by atoms with Gasteiger partial charge in [-0.2, -0.15) is 11.8 Å². The molecule has 1 aromatic carbocycles. The zero-order valence-electron chi connectivity index (χ0n) is 13.7. The summed E-state index contributed by atoms with van der Waals surface area (Å²) in [4.78, 5) is 4.22. The Morgan fingerprint density at radius 3 is 2.33 bits per heavy atom. The predicted octanol–water partition coefficient (Wildman–Crippen LogP) is 3.81. The summed E-state index contributed by atoms with van der Waals surface area (Å²) in [6.07, 6.45) is 0. The first-order valence-corrected chi connectivity index (χ1v) is 8.18. The van der Waals surface area contributed by atoms with Crippen molar-refractivity contribution in [1.29, 1.82) is 0 Å². The molecule has 0 fully saturated rings. The van der Waals surface area contributed by atoms with Crippen LogP contribution in [0.5, 0.6) is 0 Å². The van der Waals surface area contributed by atoms with E-state index in [0.717, 1.165) is 24.0 Å². The standard InChI is InChI=1S/C16H27N3S.HI/c1-13-6-8-14(9-7-13)12-20-11-10-18-15(17-5)19-16(2,3)4;/h6-9H,10-12H2,1-5H3,(H2,17,18,19);1H. The Hall–Kier alpha value is -0.430. The molecule has 0 aliphatic carbocycles. The van der Waals surface area contributed by atoms with Crippen molar-refractivity contribution in [1.82, 2.24) is 10.6 Å². The lowest BCUT2D eigenvalue weighted by Crippen LogP contribution is -2.48. The number of benzene rings is 1. The molecule has 0 bridgehead atoms. The van der Waals surface area contributed by atoms with E-state index in [4.69, 9.17) is 0 Å². The van der Waals surface area contributed by atoms with Crippen molar-refractivity contribution in [3.05, 3.63) is 35.4 Å². The molecule has 120 valence electrons. The van der Waals surface area contributed by atoms with Gasteiger partial charge in [0, 0.05) is 30.6 Å². The summed E-state index contributed by atoms with van der Waals surface area (Å²) >= 11 is 1.94. The van der Waals surface area contributed by atoms with Crippen LogP contribution in [0.1, 0.15) is 31.9 Å². The summed E-state index contributed by atoms with van der Waals surface area (Å²) in [6.45, 7) is 9.44. The lowest BCUT2D eigenvalue weighted by molar-refractivity contribution is 0.502. The largest absolute Gasteiger partial charge is 0.356 e. The van der Waals surface area contributed by atoms with Gasteiger partial charge in [0.2, 0.25) is 0 Å². The zero-order valence-corrected chi connectivity index (χ0v) is 16.8. The summed E-state index contributed by atoms with van der Waals surface area (Å²) in [5.74, 6) is 3.00. The highest BCUT2D eigenvalue weighted by molar-refractivity contribution is 14.0. The maximum Gasteiger partial charge on any atom is 0.191 e. The number of hydrogen-bond donors (Lipinski definition) is 2. The van der Waals surface area contributed by atoms with Crippen molar-refractivity contribution in [2.75, 3.05) is 19.3 Å². The van der Waals surface area contributed by atoms with Gasteiger partial charge in [-0.05, 0) is 33.3 Å². The Kier molecular flexibility index (Phi) is 10.1. The quantitative estimate of drug-likeness (QED) is 0.329. The van der Waals surface area contributed by atoms with Crippen LogP contribution >= 0.6 is 35.7 Å². The SMILES string of the molecule is CN=C(NCCSCc1ccc(C)cc1)NC(C)(C)C.I. The zero-order chi connectivity index (χ0) is 15.0. The molecular weight excluding hydrogens is 393 g/mol. The first kappa shape index (κ1) is 20.6. The molecule has 0 radical (unpaired) electrons. The fourth-order valence-electron chi connectivity index (χ4n) is 1.65. The Balaban J connectivity index is 0.00000400. The molecule has 0 aliphatic rings. The molecule has 0 saturated heterocycles. The van der Waals surface area contributed by atoms with Gasteiger partial charge >= 0.3 is 0 Å². The lowest BCUT2D eigenvalue weighted by atomic mass is 10.1. The summed E-state index contributed by atoms with van der Waals surface area (Å²) < 4.78 is 0. The maximum atomic E-state index is 4.22. The van der Waals surface area contributed by atoms with Gasteiger partial charge in [-0.3, -0.25) is 4.99 Å². The van der Waals surface area contributed by atoms with Crippen LogP contribution in [-0.4, -0.2) is 30.8 Å². The van der Waals surface area contributed by atoms with E-state index in [0.29, 0.717) is 0 Å². The average Bonchev–Trinajstić information content (AvgIpc) is 2.37. The number of aryl methyl sites for hydroxylation is 1. The summed E-state index contributed by atoms with van der Waals surface area (Å²) in [6, 6.07) is 8.75. The van der Waals surface area contributed by atoms with Gasteiger partial charge in [-0.15, -0.1) is 24.0 Å². The molecule has 0 heterocycles. The summed E-state index contributed by atoms with van der Waals surface area (Å²) in [5, 5.41) is 6.69. The number of hydrogen-bond acceptors (Lipinski definition) is 2. The van der Waals surface area contributed by atoms with Crippen molar-refractivity contribution >= 4 is 41.7 Å². The highest BCUT2D eigenvalue weighted by Crippen LogP contribution is 2.12. The second-order valence-corrected chi connectivity index (χ2v) is 7.02. The smallest absolute Gasteiger partial charge is 0.191 e. The Bertz CT molecular complexity index is 424. The number of thioether (sulfide) groups is 1. The Labute approximate surface area is 150 Å². The van der Waals surface area contributed by atoms with Crippen LogP contribution < -0.4 is 10.6 Å². The van der Waals surface area contributed by atoms with Gasteiger partial charge in [0.15, 0.2) is 5.96 Å². The highest BCUT2D eigenvalue weighted by Gasteiger charge is 2.10. The highest BCUT2D eigenvalue weighted by atomic mass is 127. The molecule has 1 rings (SSSR count). The predicted molar refractivity (Wildman–Crippen MR) is 107 cm³/mol. The molecule has 0 aromatic heterocycles. The van der Waals surface area contributed by atoms with Crippen molar-refractivity contribution in [3.8, 4) is 0 Å². The van der Waals surface area contributed by atoms with E-state index in [1.165, 1.54) is 11.1 Å². The van der Waals surface area contributed by atoms with Gasteiger partial charge < -0.3 is 10.6 Å². The van der Waals surface area contributed by atoms with Gasteiger partial charge in [-0.25, -0.2) is 0 Å². The molecule has 2 N–H and O–H groups in total. The van der Waals surface area contributed by atoms with E-state index in [9.17, 15) is 0 Å². The van der Waals surface area contributed by atoms with Gasteiger partial charge in [0.05, 0.1) is 0 Å². The molecular formula is C16H28IN3S. The minimum absolute atomic E-state index is 0. The fraction of sp³-hybridized carbons (Fsp3) is 0.562. The third-order valence-corrected chi connectivity index (χ3v) is 3.68. The minimum Gasteiger partial charge on any atom is -0.356 e. The number of nitrogens with zero attached hydrogens (tertiary/aromatic N) is 1. The van der Waals surface area contributed by atoms with Crippen molar-refractivity contribution in [2.45, 2.75) is 39.0 Å². The number of halogens is 1. The third kappa shape index (κ3) is 10.0. The maximum absolute atomic E-state index is 4.22. The number of nitrogens with one attached hydrogen (secondary N) is 2.